The normalized spacial score (nSPS) is 14.1. The van der Waals surface area contributed by atoms with Crippen molar-refractivity contribution in [1.29, 1.82) is 0 Å². The molecule has 36 heavy (non-hydrogen) atoms. The molecule has 8 nitrogen and oxygen atoms in total. The van der Waals surface area contributed by atoms with Gasteiger partial charge in [-0.3, -0.25) is 4.79 Å². The molecule has 0 bridgehead atoms. The molecule has 0 fully saturated rings. The van der Waals surface area contributed by atoms with Crippen LogP contribution in [0.25, 0.3) is 21.9 Å². The third kappa shape index (κ3) is 4.23. The smallest absolute Gasteiger partial charge is 0.340 e. The topological polar surface area (TPSA) is 130 Å². The van der Waals surface area contributed by atoms with Crippen LogP contribution in [0, 0.1) is 13.8 Å². The highest BCUT2D eigenvalue weighted by atomic mass is 16.4. The highest BCUT2D eigenvalue weighted by Crippen LogP contribution is 2.37. The molecule has 0 spiro atoms. The fraction of sp³-hybridized carbons (Fsp3) is 0.321. The maximum absolute atomic E-state index is 12.9. The van der Waals surface area contributed by atoms with E-state index in [1.807, 2.05) is 13.0 Å². The van der Waals surface area contributed by atoms with Crippen molar-refractivity contribution in [2.75, 3.05) is 0 Å². The number of amides is 1. The second kappa shape index (κ2) is 9.18. The zero-order valence-corrected chi connectivity index (χ0v) is 20.1. The maximum atomic E-state index is 12.9. The SMILES string of the molecule is Cc1c(CC(=O)NC(Cc2ccc(O)cc2)C(=O)O)c(=O)oc2c(C)c3oc4c(c3cc12)CCCC4. The molecule has 0 saturated carbocycles. The number of hydrogen-bond donors (Lipinski definition) is 3. The van der Waals surface area contributed by atoms with E-state index in [0.717, 1.165) is 53.4 Å². The number of aromatic hydroxyl groups is 1. The van der Waals surface area contributed by atoms with Crippen molar-refractivity contribution in [3.05, 3.63) is 74.3 Å². The van der Waals surface area contributed by atoms with Gasteiger partial charge < -0.3 is 24.4 Å². The first-order valence-electron chi connectivity index (χ1n) is 12.0. The summed E-state index contributed by atoms with van der Waals surface area (Å²) < 4.78 is 11.8. The number of hydrogen-bond acceptors (Lipinski definition) is 6. The molecule has 5 rings (SSSR count). The molecule has 2 aromatic carbocycles. The molecule has 4 aromatic rings. The van der Waals surface area contributed by atoms with E-state index in [9.17, 15) is 24.6 Å². The van der Waals surface area contributed by atoms with Gasteiger partial charge >= 0.3 is 11.6 Å². The standard InChI is InChI=1S/C28H27NO7/c1-14-19-12-21-18-5-3-4-6-23(18)35-26(21)15(2)25(19)36-28(34)20(14)13-24(31)29-22(27(32)33)11-16-7-9-17(30)10-8-16/h7-10,12,22,30H,3-6,11,13H2,1-2H3,(H,29,31)(H,32,33). The van der Waals surface area contributed by atoms with E-state index in [1.165, 1.54) is 17.7 Å². The van der Waals surface area contributed by atoms with Crippen molar-refractivity contribution in [2.24, 2.45) is 0 Å². The van der Waals surface area contributed by atoms with Gasteiger partial charge in [0, 0.05) is 34.7 Å². The lowest BCUT2D eigenvalue weighted by Gasteiger charge is -2.15. The Morgan fingerprint density at radius 3 is 2.42 bits per heavy atom. The van der Waals surface area contributed by atoms with Gasteiger partial charge in [0.2, 0.25) is 5.91 Å². The van der Waals surface area contributed by atoms with Crippen LogP contribution in [-0.4, -0.2) is 28.1 Å². The molecule has 3 N–H and O–H groups in total. The van der Waals surface area contributed by atoms with Crippen molar-refractivity contribution in [1.82, 2.24) is 5.32 Å². The highest BCUT2D eigenvalue weighted by molar-refractivity contribution is 6.00. The van der Waals surface area contributed by atoms with Crippen molar-refractivity contribution in [3.8, 4) is 5.75 Å². The zero-order chi connectivity index (χ0) is 25.6. The van der Waals surface area contributed by atoms with E-state index < -0.39 is 23.5 Å². The van der Waals surface area contributed by atoms with Gasteiger partial charge in [-0.1, -0.05) is 12.1 Å². The summed E-state index contributed by atoms with van der Waals surface area (Å²) in [6.45, 7) is 3.65. The lowest BCUT2D eigenvalue weighted by molar-refractivity contribution is -0.141. The molecule has 186 valence electrons. The average Bonchev–Trinajstić information content (AvgIpc) is 3.22. The first-order chi connectivity index (χ1) is 17.2. The van der Waals surface area contributed by atoms with Crippen molar-refractivity contribution in [2.45, 2.75) is 58.4 Å². The van der Waals surface area contributed by atoms with Crippen LogP contribution in [0.3, 0.4) is 0 Å². The molecular formula is C28H27NO7. The minimum atomic E-state index is -1.19. The average molecular weight is 490 g/mol. The number of phenols is 1. The number of fused-ring (bicyclic) bond motifs is 4. The largest absolute Gasteiger partial charge is 0.508 e. The van der Waals surface area contributed by atoms with Crippen LogP contribution < -0.4 is 10.9 Å². The Labute approximate surface area is 206 Å². The molecule has 1 atom stereocenters. The lowest BCUT2D eigenvalue weighted by Crippen LogP contribution is -2.43. The molecule has 1 unspecified atom stereocenters. The molecule has 2 aromatic heterocycles. The molecule has 2 heterocycles. The van der Waals surface area contributed by atoms with Crippen LogP contribution >= 0.6 is 0 Å². The van der Waals surface area contributed by atoms with Gasteiger partial charge in [0.15, 0.2) is 0 Å². The summed E-state index contributed by atoms with van der Waals surface area (Å²) in [4.78, 5) is 37.5. The zero-order valence-electron chi connectivity index (χ0n) is 20.1. The number of furan rings is 1. The summed E-state index contributed by atoms with van der Waals surface area (Å²) in [5, 5.41) is 23.3. The van der Waals surface area contributed by atoms with Gasteiger partial charge in [-0.05, 0) is 62.4 Å². The lowest BCUT2D eigenvalue weighted by atomic mass is 9.93. The minimum absolute atomic E-state index is 0.0371. The Hall–Kier alpha value is -4.07. The van der Waals surface area contributed by atoms with Crippen LogP contribution in [0.5, 0.6) is 5.75 Å². The fourth-order valence-corrected chi connectivity index (χ4v) is 5.10. The van der Waals surface area contributed by atoms with E-state index in [-0.39, 0.29) is 24.2 Å². The summed E-state index contributed by atoms with van der Waals surface area (Å²) in [7, 11) is 0. The summed E-state index contributed by atoms with van der Waals surface area (Å²) in [6, 6.07) is 6.89. The van der Waals surface area contributed by atoms with E-state index in [1.54, 1.807) is 19.1 Å². The van der Waals surface area contributed by atoms with Crippen LogP contribution in [-0.2, 0) is 35.3 Å². The summed E-state index contributed by atoms with van der Waals surface area (Å²) in [5.41, 5.74) is 3.99. The number of aryl methyl sites for hydroxylation is 4. The van der Waals surface area contributed by atoms with Crippen LogP contribution in [0.1, 0.15) is 46.4 Å². The number of nitrogens with one attached hydrogen (secondary N) is 1. The van der Waals surface area contributed by atoms with Gasteiger partial charge in [-0.25, -0.2) is 9.59 Å². The van der Waals surface area contributed by atoms with Crippen LogP contribution in [0.2, 0.25) is 0 Å². The molecule has 0 aliphatic heterocycles. The Balaban J connectivity index is 1.46. The molecule has 1 amide bonds. The van der Waals surface area contributed by atoms with Gasteiger partial charge in [-0.2, -0.15) is 0 Å². The third-order valence-corrected chi connectivity index (χ3v) is 7.07. The van der Waals surface area contributed by atoms with Crippen LogP contribution in [0.15, 0.2) is 44.0 Å². The van der Waals surface area contributed by atoms with Gasteiger partial charge in [0.1, 0.15) is 28.7 Å². The number of rotatable bonds is 6. The number of benzene rings is 2. The number of carbonyl (C=O) groups excluding carboxylic acids is 1. The van der Waals surface area contributed by atoms with Gasteiger partial charge in [0.05, 0.1) is 12.0 Å². The molecule has 0 saturated heterocycles. The predicted molar refractivity (Wildman–Crippen MR) is 133 cm³/mol. The number of carboxylic acid groups (broad SMARTS) is 1. The fourth-order valence-electron chi connectivity index (χ4n) is 5.10. The maximum Gasteiger partial charge on any atom is 0.340 e. The summed E-state index contributed by atoms with van der Waals surface area (Å²) >= 11 is 0. The predicted octanol–water partition coefficient (Wildman–Crippen LogP) is 4.10. The quantitative estimate of drug-likeness (QED) is 0.348. The van der Waals surface area contributed by atoms with Gasteiger partial charge in [-0.15, -0.1) is 0 Å². The van der Waals surface area contributed by atoms with Crippen molar-refractivity contribution >= 4 is 33.8 Å². The number of aliphatic carboxylic acids is 1. The number of carboxylic acids is 1. The Bertz CT molecular complexity index is 1560. The van der Waals surface area contributed by atoms with E-state index >= 15 is 0 Å². The second-order valence-electron chi connectivity index (χ2n) is 9.46. The van der Waals surface area contributed by atoms with E-state index in [4.69, 9.17) is 8.83 Å². The number of phenolic OH excluding ortho intramolecular Hbond substituents is 1. The summed E-state index contributed by atoms with van der Waals surface area (Å²) in [5.74, 6) is -0.727. The van der Waals surface area contributed by atoms with E-state index in [2.05, 4.69) is 5.32 Å². The van der Waals surface area contributed by atoms with Crippen LogP contribution in [0.4, 0.5) is 0 Å². The Kier molecular flexibility index (Phi) is 6.04. The minimum Gasteiger partial charge on any atom is -0.508 e. The van der Waals surface area contributed by atoms with Gasteiger partial charge in [0.25, 0.3) is 0 Å². The monoisotopic (exact) mass is 489 g/mol. The van der Waals surface area contributed by atoms with E-state index in [0.29, 0.717) is 16.7 Å². The molecular weight excluding hydrogens is 462 g/mol. The molecule has 1 aliphatic carbocycles. The molecule has 1 aliphatic rings. The summed E-state index contributed by atoms with van der Waals surface area (Å²) in [6.07, 6.45) is 3.75. The van der Waals surface area contributed by atoms with Crippen molar-refractivity contribution < 1.29 is 28.6 Å². The first kappa shape index (κ1) is 23.7. The highest BCUT2D eigenvalue weighted by Gasteiger charge is 2.25. The Morgan fingerprint density at radius 2 is 1.69 bits per heavy atom. The third-order valence-electron chi connectivity index (χ3n) is 7.07. The second-order valence-corrected chi connectivity index (χ2v) is 9.46. The molecule has 8 heteroatoms. The van der Waals surface area contributed by atoms with Crippen molar-refractivity contribution in [3.63, 3.8) is 0 Å². The Morgan fingerprint density at radius 1 is 1.00 bits per heavy atom. The number of carbonyl (C=O) groups is 2. The first-order valence-corrected chi connectivity index (χ1v) is 12.0. The molecule has 0 radical (unpaired) electrons.